The number of aromatic nitrogens is 4. The van der Waals surface area contributed by atoms with E-state index in [1.807, 2.05) is 37.8 Å². The lowest BCUT2D eigenvalue weighted by Gasteiger charge is -2.27. The van der Waals surface area contributed by atoms with Crippen molar-refractivity contribution in [3.05, 3.63) is 29.0 Å². The van der Waals surface area contributed by atoms with Gasteiger partial charge >= 0.3 is 11.9 Å². The van der Waals surface area contributed by atoms with Crippen LogP contribution in [-0.2, 0) is 28.6 Å². The first-order valence-electron chi connectivity index (χ1n) is 15.9. The Bertz CT molecular complexity index is 1660. The van der Waals surface area contributed by atoms with Crippen molar-refractivity contribution >= 4 is 74.0 Å². The minimum Gasteiger partial charge on any atom is -0.470 e. The van der Waals surface area contributed by atoms with Crippen LogP contribution in [0.2, 0.25) is 0 Å². The summed E-state index contributed by atoms with van der Waals surface area (Å²) in [7, 11) is 0. The van der Waals surface area contributed by atoms with E-state index in [1.54, 1.807) is 12.4 Å². The fourth-order valence-corrected chi connectivity index (χ4v) is 5.98. The molecule has 1 aromatic carbocycles. The van der Waals surface area contributed by atoms with Crippen LogP contribution in [0.25, 0.3) is 11.0 Å². The van der Waals surface area contributed by atoms with Crippen molar-refractivity contribution in [3.63, 3.8) is 0 Å². The maximum Gasteiger partial charge on any atom is 0.307 e. The maximum atomic E-state index is 13.3. The number of aliphatic imine (C=N–C) groups is 1. The Morgan fingerprint density at radius 2 is 1.78 bits per heavy atom. The van der Waals surface area contributed by atoms with E-state index < -0.39 is 30.1 Å². The number of benzene rings is 1. The molecule has 16 nitrogen and oxygen atoms in total. The van der Waals surface area contributed by atoms with E-state index in [0.29, 0.717) is 84.8 Å². The summed E-state index contributed by atoms with van der Waals surface area (Å²) >= 11 is 4.60. The highest BCUT2D eigenvalue weighted by atomic mass is 79.9. The van der Waals surface area contributed by atoms with Crippen LogP contribution < -0.4 is 20.3 Å². The van der Waals surface area contributed by atoms with Crippen LogP contribution in [0.1, 0.15) is 40.5 Å². The summed E-state index contributed by atoms with van der Waals surface area (Å²) < 4.78 is 31.8. The molecule has 0 spiro atoms. The van der Waals surface area contributed by atoms with Crippen molar-refractivity contribution in [1.82, 2.24) is 28.9 Å². The molecule has 5 rings (SSSR count). The second-order valence-electron chi connectivity index (χ2n) is 12.3. The van der Waals surface area contributed by atoms with Crippen LogP contribution in [0.5, 0.6) is 5.88 Å². The van der Waals surface area contributed by atoms with Gasteiger partial charge in [0.05, 0.1) is 60.0 Å². The SMILES string of the molecule is CC(OC(=O)CCC(=O)O[C@@H](CNC(C)(C)C)COc1nsnc1N1CCOCC1)C(=O)N1CCN=C1Nc1ccc2nccnc2c1Br. The number of carbonyl (C=O) groups is 3. The number of fused-ring (bicyclic) bond motifs is 1. The average Bonchev–Trinajstić information content (AvgIpc) is 3.76. The van der Waals surface area contributed by atoms with Gasteiger partial charge in [0.25, 0.3) is 11.8 Å². The van der Waals surface area contributed by atoms with E-state index in [9.17, 15) is 14.4 Å². The summed E-state index contributed by atoms with van der Waals surface area (Å²) in [6.07, 6.45) is 0.924. The standard InChI is InChI=1S/C31H40BrN9O7S/c1-19(29(44)41-12-11-35-30(41)37-21-5-6-22-26(25(21)32)34-10-9-33-22)47-23(42)7-8-24(43)48-20(17-36-31(2,3)4)18-46-28-27(38-49-39-28)40-13-15-45-16-14-40/h5-6,9-10,19-20,36H,7-8,11-18H2,1-4H3,(H,35,37)/t19?,20-/m0/s1. The van der Waals surface area contributed by atoms with Gasteiger partial charge in [-0.15, -0.1) is 4.37 Å². The minimum atomic E-state index is -1.11. The van der Waals surface area contributed by atoms with Gasteiger partial charge in [0, 0.05) is 44.1 Å². The lowest BCUT2D eigenvalue weighted by Crippen LogP contribution is -2.44. The van der Waals surface area contributed by atoms with Gasteiger partial charge in [-0.25, -0.2) is 0 Å². The smallest absolute Gasteiger partial charge is 0.307 e. The number of carbonyl (C=O) groups excluding carboxylic acids is 3. The third-order valence-electron chi connectivity index (χ3n) is 7.44. The molecule has 0 radical (unpaired) electrons. The van der Waals surface area contributed by atoms with Gasteiger partial charge < -0.3 is 34.5 Å². The van der Waals surface area contributed by atoms with Crippen LogP contribution in [0.15, 0.2) is 34.0 Å². The van der Waals surface area contributed by atoms with Crippen LogP contribution in [0, 0.1) is 0 Å². The van der Waals surface area contributed by atoms with E-state index in [2.05, 4.69) is 50.3 Å². The van der Waals surface area contributed by atoms with Gasteiger partial charge in [-0.1, -0.05) is 0 Å². The first kappa shape index (κ1) is 36.3. The van der Waals surface area contributed by atoms with Crippen LogP contribution in [-0.4, -0.2) is 118 Å². The summed E-state index contributed by atoms with van der Waals surface area (Å²) in [5, 5.41) is 6.49. The van der Waals surface area contributed by atoms with Crippen molar-refractivity contribution in [2.24, 2.45) is 4.99 Å². The molecule has 49 heavy (non-hydrogen) atoms. The maximum absolute atomic E-state index is 13.3. The minimum absolute atomic E-state index is 0.0322. The second kappa shape index (κ2) is 16.6. The first-order valence-corrected chi connectivity index (χ1v) is 17.4. The summed E-state index contributed by atoms with van der Waals surface area (Å²) in [5.74, 6) is -0.435. The molecule has 2 N–H and O–H groups in total. The predicted molar refractivity (Wildman–Crippen MR) is 186 cm³/mol. The third-order valence-corrected chi connectivity index (χ3v) is 8.74. The third kappa shape index (κ3) is 10.0. The molecule has 0 aliphatic carbocycles. The van der Waals surface area contributed by atoms with Crippen molar-refractivity contribution in [3.8, 4) is 5.88 Å². The van der Waals surface area contributed by atoms with Gasteiger partial charge in [-0.05, 0) is 55.8 Å². The Labute approximate surface area is 296 Å². The largest absolute Gasteiger partial charge is 0.470 e. The van der Waals surface area contributed by atoms with Crippen molar-refractivity contribution in [2.45, 2.75) is 58.3 Å². The van der Waals surface area contributed by atoms with Crippen molar-refractivity contribution < 1.29 is 33.3 Å². The molecule has 1 unspecified atom stereocenters. The van der Waals surface area contributed by atoms with E-state index in [1.165, 1.54) is 11.8 Å². The number of halogens is 1. The number of hydrogen-bond donors (Lipinski definition) is 2. The average molecular weight is 763 g/mol. The monoisotopic (exact) mass is 761 g/mol. The van der Waals surface area contributed by atoms with Crippen molar-refractivity contribution in [1.29, 1.82) is 0 Å². The number of hydrogen-bond acceptors (Lipinski definition) is 16. The van der Waals surface area contributed by atoms with Gasteiger partial charge in [-0.3, -0.25) is 34.2 Å². The van der Waals surface area contributed by atoms with E-state index in [0.717, 1.165) is 11.7 Å². The molecule has 4 heterocycles. The molecule has 1 saturated heterocycles. The quantitative estimate of drug-likeness (QED) is 0.243. The summed E-state index contributed by atoms with van der Waals surface area (Å²) in [6, 6.07) is 3.62. The molecule has 0 bridgehead atoms. The molecular weight excluding hydrogens is 722 g/mol. The van der Waals surface area contributed by atoms with Gasteiger partial charge in [-0.2, -0.15) is 4.37 Å². The van der Waals surface area contributed by atoms with Gasteiger partial charge in [0.15, 0.2) is 6.10 Å². The van der Waals surface area contributed by atoms with E-state index in [-0.39, 0.29) is 25.0 Å². The number of rotatable bonds is 13. The number of ether oxygens (including phenoxy) is 4. The first-order chi connectivity index (χ1) is 23.5. The highest BCUT2D eigenvalue weighted by molar-refractivity contribution is 9.10. The molecule has 1 amide bonds. The molecule has 0 saturated carbocycles. The van der Waals surface area contributed by atoms with Crippen LogP contribution in [0.4, 0.5) is 11.5 Å². The Balaban J connectivity index is 1.10. The Morgan fingerprint density at radius 1 is 1.04 bits per heavy atom. The number of nitrogens with zero attached hydrogens (tertiary/aromatic N) is 7. The lowest BCUT2D eigenvalue weighted by atomic mass is 10.1. The zero-order chi connectivity index (χ0) is 35.0. The highest BCUT2D eigenvalue weighted by Crippen LogP contribution is 2.30. The zero-order valence-electron chi connectivity index (χ0n) is 27.8. The summed E-state index contributed by atoms with van der Waals surface area (Å²) in [5.41, 5.74) is 1.77. The molecule has 3 aromatic rings. The topological polar surface area (TPSA) is 183 Å². The molecule has 2 aromatic heterocycles. The number of guanidine groups is 1. The fourth-order valence-electron chi connectivity index (χ4n) is 4.93. The molecule has 2 atom stereocenters. The number of amides is 1. The van der Waals surface area contributed by atoms with Gasteiger partial charge in [0.1, 0.15) is 18.2 Å². The van der Waals surface area contributed by atoms with Crippen LogP contribution >= 0.6 is 27.7 Å². The predicted octanol–water partition coefficient (Wildman–Crippen LogP) is 2.78. The van der Waals surface area contributed by atoms with E-state index >= 15 is 0 Å². The highest BCUT2D eigenvalue weighted by Gasteiger charge is 2.31. The lowest BCUT2D eigenvalue weighted by molar-refractivity contribution is -0.160. The Morgan fingerprint density at radius 3 is 2.53 bits per heavy atom. The fraction of sp³-hybridized carbons (Fsp3) is 0.548. The Kier molecular flexibility index (Phi) is 12.3. The number of nitrogens with one attached hydrogen (secondary N) is 2. The van der Waals surface area contributed by atoms with Gasteiger partial charge in [0.2, 0.25) is 11.8 Å². The summed E-state index contributed by atoms with van der Waals surface area (Å²) in [6.45, 7) is 11.1. The molecule has 2 aliphatic heterocycles. The second-order valence-corrected chi connectivity index (χ2v) is 13.7. The normalized spacial score (nSPS) is 16.2. The zero-order valence-corrected chi connectivity index (χ0v) is 30.2. The molecule has 2 aliphatic rings. The molecule has 1 fully saturated rings. The molecular formula is C31H40BrN9O7S. The van der Waals surface area contributed by atoms with Crippen molar-refractivity contribution in [2.75, 3.05) is 62.8 Å². The Hall–Kier alpha value is -4.00. The summed E-state index contributed by atoms with van der Waals surface area (Å²) in [4.78, 5) is 55.3. The van der Waals surface area contributed by atoms with Crippen LogP contribution in [0.3, 0.4) is 0 Å². The number of esters is 2. The molecule has 18 heteroatoms. The molecule has 264 valence electrons. The number of anilines is 2. The van der Waals surface area contributed by atoms with E-state index in [4.69, 9.17) is 18.9 Å². The number of morpholine rings is 1.